The van der Waals surface area contributed by atoms with Crippen LogP contribution in [0, 0.1) is 5.92 Å². The van der Waals surface area contributed by atoms with Gasteiger partial charge in [0.15, 0.2) is 10.0 Å². The van der Waals surface area contributed by atoms with Crippen LogP contribution in [0.4, 0.5) is 0 Å². The van der Waals surface area contributed by atoms with Crippen molar-refractivity contribution in [1.82, 2.24) is 15.3 Å². The number of nitrogens with one attached hydrogen (secondary N) is 1. The van der Waals surface area contributed by atoms with Crippen LogP contribution in [0.3, 0.4) is 0 Å². The first kappa shape index (κ1) is 12.7. The summed E-state index contributed by atoms with van der Waals surface area (Å²) in [7, 11) is 1.96. The summed E-state index contributed by atoms with van der Waals surface area (Å²) in [6, 6.07) is 0. The molecule has 0 aromatic carbocycles. The van der Waals surface area contributed by atoms with Crippen molar-refractivity contribution in [1.29, 1.82) is 0 Å². The van der Waals surface area contributed by atoms with E-state index in [-0.39, 0.29) is 0 Å². The molecule has 0 bridgehead atoms. The van der Waals surface area contributed by atoms with Crippen LogP contribution in [0.5, 0.6) is 0 Å². The largest absolute Gasteiger partial charge is 0.314 e. The van der Waals surface area contributed by atoms with Crippen molar-refractivity contribution < 1.29 is 0 Å². The summed E-state index contributed by atoms with van der Waals surface area (Å²) < 4.78 is 0. The van der Waals surface area contributed by atoms with Crippen LogP contribution in [0.1, 0.15) is 24.4 Å². The molecule has 0 aliphatic rings. The number of nitrogens with zero attached hydrogens (tertiary/aromatic N) is 2. The zero-order valence-electron chi connectivity index (χ0n) is 10.4. The van der Waals surface area contributed by atoms with Gasteiger partial charge in [-0.2, -0.15) is 0 Å². The number of thiazole rings is 2. The molecule has 5 heteroatoms. The second-order valence-electron chi connectivity index (χ2n) is 4.35. The maximum absolute atomic E-state index is 4.70. The molecule has 0 amide bonds. The van der Waals surface area contributed by atoms with E-state index >= 15 is 0 Å². The van der Waals surface area contributed by atoms with Gasteiger partial charge in [-0.05, 0) is 19.4 Å². The zero-order valence-corrected chi connectivity index (χ0v) is 12.0. The van der Waals surface area contributed by atoms with Crippen LogP contribution in [0.15, 0.2) is 11.6 Å². The van der Waals surface area contributed by atoms with Crippen molar-refractivity contribution in [3.63, 3.8) is 0 Å². The lowest BCUT2D eigenvalue weighted by Gasteiger charge is -2.03. The van der Waals surface area contributed by atoms with E-state index in [1.165, 1.54) is 10.6 Å². The number of hydrogen-bond acceptors (Lipinski definition) is 5. The summed E-state index contributed by atoms with van der Waals surface area (Å²) in [5, 5.41) is 7.27. The maximum atomic E-state index is 4.70. The van der Waals surface area contributed by atoms with Gasteiger partial charge in [0.05, 0.1) is 5.69 Å². The quantitative estimate of drug-likeness (QED) is 0.904. The Hall–Kier alpha value is -0.780. The summed E-state index contributed by atoms with van der Waals surface area (Å²) in [6.07, 6.45) is 2.93. The summed E-state index contributed by atoms with van der Waals surface area (Å²) in [6.45, 7) is 5.32. The Bertz CT molecular complexity index is 460. The molecule has 0 saturated heterocycles. The molecule has 0 unspecified atom stereocenters. The lowest BCUT2D eigenvalue weighted by atomic mass is 10.1. The third-order valence-electron chi connectivity index (χ3n) is 2.33. The number of aromatic nitrogens is 2. The minimum Gasteiger partial charge on any atom is -0.314 e. The van der Waals surface area contributed by atoms with E-state index in [0.29, 0.717) is 5.92 Å². The van der Waals surface area contributed by atoms with Crippen LogP contribution in [-0.4, -0.2) is 17.0 Å². The van der Waals surface area contributed by atoms with Crippen LogP contribution in [0.25, 0.3) is 10.0 Å². The fourth-order valence-electron chi connectivity index (χ4n) is 1.64. The van der Waals surface area contributed by atoms with E-state index in [9.17, 15) is 0 Å². The smallest absolute Gasteiger partial charge is 0.152 e. The molecule has 0 radical (unpaired) electrons. The molecule has 0 saturated carbocycles. The first-order valence-corrected chi connectivity index (χ1v) is 7.43. The van der Waals surface area contributed by atoms with Gasteiger partial charge in [-0.1, -0.05) is 13.8 Å². The third kappa shape index (κ3) is 3.12. The Morgan fingerprint density at radius 1 is 1.35 bits per heavy atom. The van der Waals surface area contributed by atoms with Crippen molar-refractivity contribution >= 4 is 22.7 Å². The monoisotopic (exact) mass is 267 g/mol. The van der Waals surface area contributed by atoms with Gasteiger partial charge in [-0.25, -0.2) is 9.97 Å². The molecule has 0 atom stereocenters. The molecule has 3 nitrogen and oxygen atoms in total. The van der Waals surface area contributed by atoms with Crippen LogP contribution in [-0.2, 0) is 13.0 Å². The van der Waals surface area contributed by atoms with Gasteiger partial charge in [0.25, 0.3) is 0 Å². The second kappa shape index (κ2) is 5.71. The molecule has 0 fully saturated rings. The molecule has 0 spiro atoms. The van der Waals surface area contributed by atoms with E-state index < -0.39 is 0 Å². The van der Waals surface area contributed by atoms with Crippen molar-refractivity contribution in [3.8, 4) is 10.0 Å². The van der Waals surface area contributed by atoms with Crippen molar-refractivity contribution in [2.45, 2.75) is 26.8 Å². The molecule has 92 valence electrons. The highest BCUT2D eigenvalue weighted by Gasteiger charge is 2.14. The van der Waals surface area contributed by atoms with E-state index in [4.69, 9.17) is 4.98 Å². The number of hydrogen-bond donors (Lipinski definition) is 1. The summed E-state index contributed by atoms with van der Waals surface area (Å²) in [4.78, 5) is 10.4. The first-order valence-electron chi connectivity index (χ1n) is 5.73. The maximum Gasteiger partial charge on any atom is 0.152 e. The molecule has 2 aromatic rings. The van der Waals surface area contributed by atoms with Crippen LogP contribution >= 0.6 is 22.7 Å². The minimum absolute atomic E-state index is 0.662. The first-order chi connectivity index (χ1) is 8.20. The lowest BCUT2D eigenvalue weighted by molar-refractivity contribution is 0.644. The average molecular weight is 267 g/mol. The Balaban J connectivity index is 2.30. The summed E-state index contributed by atoms with van der Waals surface area (Å²) in [5.41, 5.74) is 1.18. The van der Waals surface area contributed by atoms with Gasteiger partial charge in [0.2, 0.25) is 0 Å². The molecular weight excluding hydrogens is 250 g/mol. The second-order valence-corrected chi connectivity index (χ2v) is 6.33. The molecule has 2 rings (SSSR count). The van der Waals surface area contributed by atoms with Gasteiger partial charge in [0, 0.05) is 23.0 Å². The van der Waals surface area contributed by atoms with Crippen molar-refractivity contribution in [3.05, 3.63) is 22.1 Å². The zero-order chi connectivity index (χ0) is 12.3. The van der Waals surface area contributed by atoms with Crippen LogP contribution in [0.2, 0.25) is 0 Å². The Kier molecular flexibility index (Phi) is 4.25. The molecule has 0 aliphatic carbocycles. The highest BCUT2D eigenvalue weighted by molar-refractivity contribution is 7.20. The summed E-state index contributed by atoms with van der Waals surface area (Å²) >= 11 is 3.43. The van der Waals surface area contributed by atoms with Gasteiger partial charge >= 0.3 is 0 Å². The molecule has 2 aromatic heterocycles. The molecule has 1 N–H and O–H groups in total. The molecule has 0 aliphatic heterocycles. The Morgan fingerprint density at radius 2 is 2.18 bits per heavy atom. The fraction of sp³-hybridized carbons (Fsp3) is 0.500. The topological polar surface area (TPSA) is 37.8 Å². The lowest BCUT2D eigenvalue weighted by Crippen LogP contribution is -2.08. The fourth-order valence-corrected chi connectivity index (χ4v) is 3.61. The van der Waals surface area contributed by atoms with Crippen LogP contribution < -0.4 is 5.32 Å². The van der Waals surface area contributed by atoms with E-state index in [1.807, 2.05) is 18.6 Å². The van der Waals surface area contributed by atoms with E-state index in [2.05, 4.69) is 24.1 Å². The van der Waals surface area contributed by atoms with Crippen molar-refractivity contribution in [2.24, 2.45) is 5.92 Å². The van der Waals surface area contributed by atoms with Gasteiger partial charge < -0.3 is 5.32 Å². The van der Waals surface area contributed by atoms with E-state index in [1.54, 1.807) is 22.7 Å². The summed E-state index contributed by atoms with van der Waals surface area (Å²) in [5.74, 6) is 0.662. The molecule has 2 heterocycles. The van der Waals surface area contributed by atoms with Gasteiger partial charge in [0.1, 0.15) is 0 Å². The minimum atomic E-state index is 0.662. The highest BCUT2D eigenvalue weighted by Crippen LogP contribution is 2.30. The highest BCUT2D eigenvalue weighted by atomic mass is 32.1. The van der Waals surface area contributed by atoms with Crippen molar-refractivity contribution in [2.75, 3.05) is 7.05 Å². The predicted octanol–water partition coefficient (Wildman–Crippen LogP) is 3.18. The number of rotatable bonds is 5. The van der Waals surface area contributed by atoms with Gasteiger partial charge in [-0.3, -0.25) is 0 Å². The third-order valence-corrected chi connectivity index (χ3v) is 4.37. The van der Waals surface area contributed by atoms with Gasteiger partial charge in [-0.15, -0.1) is 22.7 Å². The molecule has 17 heavy (non-hydrogen) atoms. The SMILES string of the molecule is CNCc1nc(-c2nccs2)sc1CC(C)C. The standard InChI is InChI=1S/C12H17N3S2/c1-8(2)6-10-9(7-13-3)15-12(17-10)11-14-4-5-16-11/h4-5,8,13H,6-7H2,1-3H3. The Labute approximate surface area is 110 Å². The molecular formula is C12H17N3S2. The Morgan fingerprint density at radius 3 is 2.76 bits per heavy atom. The normalized spacial score (nSPS) is 11.3. The average Bonchev–Trinajstić information content (AvgIpc) is 2.87. The predicted molar refractivity (Wildman–Crippen MR) is 74.5 cm³/mol. The van der Waals surface area contributed by atoms with E-state index in [0.717, 1.165) is 23.0 Å².